The average molecular weight is 250 g/mol. The number of amidine groups is 1. The van der Waals surface area contributed by atoms with Gasteiger partial charge in [0.15, 0.2) is 12.1 Å². The molecule has 0 spiro atoms. The first kappa shape index (κ1) is 12.9. The molecule has 0 radical (unpaired) electrons. The van der Waals surface area contributed by atoms with Gasteiger partial charge in [-0.2, -0.15) is 0 Å². The molecule has 0 bridgehead atoms. The van der Waals surface area contributed by atoms with Crippen LogP contribution in [0.5, 0.6) is 0 Å². The molecule has 0 aliphatic carbocycles. The Hall–Kier alpha value is -1.59. The van der Waals surface area contributed by atoms with Crippen molar-refractivity contribution in [3.8, 4) is 0 Å². The molecule has 0 amide bonds. The quantitative estimate of drug-likeness (QED) is 0.371. The summed E-state index contributed by atoms with van der Waals surface area (Å²) in [6.07, 6.45) is 2.10. The summed E-state index contributed by atoms with van der Waals surface area (Å²) in [6, 6.07) is 9.44. The Bertz CT molecular complexity index is 388. The Morgan fingerprint density at radius 3 is 2.78 bits per heavy atom. The number of ether oxygens (including phenoxy) is 2. The number of nitrogens with zero attached hydrogens (tertiary/aromatic N) is 1. The molecule has 5 nitrogen and oxygen atoms in total. The maximum atomic E-state index is 8.84. The van der Waals surface area contributed by atoms with Gasteiger partial charge in [-0.05, 0) is 24.8 Å². The van der Waals surface area contributed by atoms with E-state index in [2.05, 4.69) is 5.16 Å². The fraction of sp³-hybridized carbons (Fsp3) is 0.462. The second-order valence-corrected chi connectivity index (χ2v) is 4.25. The van der Waals surface area contributed by atoms with Crippen LogP contribution in [0.3, 0.4) is 0 Å². The minimum absolute atomic E-state index is 0.0374. The van der Waals surface area contributed by atoms with Crippen LogP contribution in [0.1, 0.15) is 30.9 Å². The molecule has 1 aromatic carbocycles. The van der Waals surface area contributed by atoms with E-state index in [1.165, 1.54) is 0 Å². The minimum atomic E-state index is -0.570. The molecule has 5 heteroatoms. The van der Waals surface area contributed by atoms with E-state index in [-0.39, 0.29) is 12.1 Å². The van der Waals surface area contributed by atoms with Crippen LogP contribution in [-0.2, 0) is 9.47 Å². The van der Waals surface area contributed by atoms with Gasteiger partial charge in [0.2, 0.25) is 0 Å². The van der Waals surface area contributed by atoms with Crippen LogP contribution in [0.4, 0.5) is 0 Å². The zero-order valence-electron chi connectivity index (χ0n) is 10.2. The number of hydrogen-bond donors (Lipinski definition) is 2. The van der Waals surface area contributed by atoms with Gasteiger partial charge in [0, 0.05) is 6.61 Å². The molecule has 1 aliphatic rings. The fourth-order valence-electron chi connectivity index (χ4n) is 1.97. The molecule has 2 rings (SSSR count). The molecule has 3 N–H and O–H groups in total. The van der Waals surface area contributed by atoms with Crippen molar-refractivity contribution in [2.45, 2.75) is 31.7 Å². The van der Waals surface area contributed by atoms with Crippen molar-refractivity contribution < 1.29 is 14.7 Å². The van der Waals surface area contributed by atoms with Crippen LogP contribution in [-0.4, -0.2) is 23.9 Å². The standard InChI is InChI=1S/C13H18N2O3/c14-13(15-16)12(10-6-2-1-3-7-10)18-11-8-4-5-9-17-11/h1-3,6-7,11-12,16H,4-5,8-9H2,(H2,14,15)/t11-,12-/m1/s1. The van der Waals surface area contributed by atoms with Crippen molar-refractivity contribution in [3.63, 3.8) is 0 Å². The zero-order chi connectivity index (χ0) is 12.8. The lowest BCUT2D eigenvalue weighted by Crippen LogP contribution is -2.31. The van der Waals surface area contributed by atoms with Crippen LogP contribution in [0.25, 0.3) is 0 Å². The molecule has 1 fully saturated rings. The van der Waals surface area contributed by atoms with E-state index in [4.69, 9.17) is 20.4 Å². The number of nitrogens with two attached hydrogens (primary N) is 1. The zero-order valence-corrected chi connectivity index (χ0v) is 10.2. The van der Waals surface area contributed by atoms with E-state index in [0.717, 1.165) is 24.8 Å². The van der Waals surface area contributed by atoms with Gasteiger partial charge >= 0.3 is 0 Å². The first-order valence-electron chi connectivity index (χ1n) is 6.10. The van der Waals surface area contributed by atoms with Gasteiger partial charge in [-0.1, -0.05) is 35.5 Å². The van der Waals surface area contributed by atoms with Crippen molar-refractivity contribution in [1.29, 1.82) is 0 Å². The number of oxime groups is 1. The van der Waals surface area contributed by atoms with Crippen LogP contribution < -0.4 is 5.73 Å². The van der Waals surface area contributed by atoms with Gasteiger partial charge in [0.25, 0.3) is 0 Å². The van der Waals surface area contributed by atoms with Crippen LogP contribution in [0.2, 0.25) is 0 Å². The van der Waals surface area contributed by atoms with Gasteiger partial charge < -0.3 is 20.4 Å². The van der Waals surface area contributed by atoms with E-state index in [1.807, 2.05) is 30.3 Å². The molecule has 1 aliphatic heterocycles. The summed E-state index contributed by atoms with van der Waals surface area (Å²) in [5.74, 6) is 0.0374. The van der Waals surface area contributed by atoms with E-state index in [0.29, 0.717) is 6.61 Å². The van der Waals surface area contributed by atoms with Gasteiger partial charge in [0.1, 0.15) is 6.10 Å². The molecule has 1 saturated heterocycles. The summed E-state index contributed by atoms with van der Waals surface area (Å²) in [7, 11) is 0. The Labute approximate surface area is 106 Å². The van der Waals surface area contributed by atoms with Crippen LogP contribution >= 0.6 is 0 Å². The van der Waals surface area contributed by atoms with Crippen molar-refractivity contribution in [2.75, 3.05) is 6.61 Å². The molecule has 0 unspecified atom stereocenters. The molecule has 1 aromatic rings. The summed E-state index contributed by atoms with van der Waals surface area (Å²) in [6.45, 7) is 0.697. The molecular formula is C13H18N2O3. The monoisotopic (exact) mass is 250 g/mol. The topological polar surface area (TPSA) is 77.1 Å². The third-order valence-corrected chi connectivity index (χ3v) is 2.91. The highest BCUT2D eigenvalue weighted by Gasteiger charge is 2.24. The summed E-state index contributed by atoms with van der Waals surface area (Å²) >= 11 is 0. The summed E-state index contributed by atoms with van der Waals surface area (Å²) in [4.78, 5) is 0. The van der Waals surface area contributed by atoms with Crippen molar-refractivity contribution in [1.82, 2.24) is 0 Å². The molecule has 98 valence electrons. The fourth-order valence-corrected chi connectivity index (χ4v) is 1.97. The predicted molar refractivity (Wildman–Crippen MR) is 67.3 cm³/mol. The highest BCUT2D eigenvalue weighted by atomic mass is 16.7. The Morgan fingerprint density at radius 1 is 1.39 bits per heavy atom. The SMILES string of the molecule is N/C(=N\O)[C@H](O[C@@H]1CCCCO1)c1ccccc1. The lowest BCUT2D eigenvalue weighted by atomic mass is 10.1. The minimum Gasteiger partial charge on any atom is -0.409 e. The Balaban J connectivity index is 2.10. The van der Waals surface area contributed by atoms with E-state index in [1.54, 1.807) is 0 Å². The lowest BCUT2D eigenvalue weighted by Gasteiger charge is -2.27. The predicted octanol–water partition coefficient (Wildman–Crippen LogP) is 2.02. The number of rotatable bonds is 4. The molecule has 0 saturated carbocycles. The van der Waals surface area contributed by atoms with E-state index >= 15 is 0 Å². The maximum Gasteiger partial charge on any atom is 0.173 e. The molecule has 18 heavy (non-hydrogen) atoms. The summed E-state index contributed by atoms with van der Waals surface area (Å²) < 4.78 is 11.3. The molecular weight excluding hydrogens is 232 g/mol. The van der Waals surface area contributed by atoms with E-state index in [9.17, 15) is 0 Å². The van der Waals surface area contributed by atoms with Crippen LogP contribution in [0, 0.1) is 0 Å². The third kappa shape index (κ3) is 3.21. The van der Waals surface area contributed by atoms with Gasteiger partial charge in [-0.15, -0.1) is 0 Å². The van der Waals surface area contributed by atoms with Gasteiger partial charge in [-0.3, -0.25) is 0 Å². The van der Waals surface area contributed by atoms with Crippen molar-refractivity contribution in [2.24, 2.45) is 10.9 Å². The van der Waals surface area contributed by atoms with Crippen molar-refractivity contribution >= 4 is 5.84 Å². The van der Waals surface area contributed by atoms with Gasteiger partial charge in [-0.25, -0.2) is 0 Å². The maximum absolute atomic E-state index is 8.84. The van der Waals surface area contributed by atoms with E-state index < -0.39 is 6.10 Å². The largest absolute Gasteiger partial charge is 0.409 e. The normalized spacial score (nSPS) is 22.7. The van der Waals surface area contributed by atoms with Gasteiger partial charge in [0.05, 0.1) is 0 Å². The highest BCUT2D eigenvalue weighted by molar-refractivity contribution is 5.85. The highest BCUT2D eigenvalue weighted by Crippen LogP contribution is 2.24. The smallest absolute Gasteiger partial charge is 0.173 e. The molecule has 2 atom stereocenters. The third-order valence-electron chi connectivity index (χ3n) is 2.91. The molecule has 0 aromatic heterocycles. The average Bonchev–Trinajstić information content (AvgIpc) is 2.46. The Morgan fingerprint density at radius 2 is 2.17 bits per heavy atom. The first-order chi connectivity index (χ1) is 8.81. The number of hydrogen-bond acceptors (Lipinski definition) is 4. The summed E-state index contributed by atoms with van der Waals surface area (Å²) in [5, 5.41) is 11.9. The second kappa shape index (κ2) is 6.37. The molecule has 1 heterocycles. The van der Waals surface area contributed by atoms with Crippen LogP contribution in [0.15, 0.2) is 35.5 Å². The lowest BCUT2D eigenvalue weighted by molar-refractivity contribution is -0.176. The Kier molecular flexibility index (Phi) is 4.55. The van der Waals surface area contributed by atoms with Crippen molar-refractivity contribution in [3.05, 3.63) is 35.9 Å². The number of benzene rings is 1. The summed E-state index contributed by atoms with van der Waals surface area (Å²) in [5.41, 5.74) is 6.53. The first-order valence-corrected chi connectivity index (χ1v) is 6.10. The second-order valence-electron chi connectivity index (χ2n) is 4.25.